The minimum atomic E-state index is -0.467. The summed E-state index contributed by atoms with van der Waals surface area (Å²) in [5, 5.41) is 4.00. The van der Waals surface area contributed by atoms with E-state index in [1.165, 1.54) is 0 Å². The van der Waals surface area contributed by atoms with Gasteiger partial charge in [0.25, 0.3) is 0 Å². The van der Waals surface area contributed by atoms with Gasteiger partial charge >= 0.3 is 6.09 Å². The Balaban J connectivity index is 4.64. The molecule has 4 nitrogen and oxygen atoms in total. The van der Waals surface area contributed by atoms with Crippen LogP contribution >= 0.6 is 11.8 Å². The summed E-state index contributed by atoms with van der Waals surface area (Å²) in [6.07, 6.45) is 2.60. The van der Waals surface area contributed by atoms with E-state index in [0.717, 1.165) is 18.0 Å². The minimum absolute atomic E-state index is 0.0117. The number of carbonyl (C=O) groups is 1. The molecule has 0 fully saturated rings. The summed E-state index contributed by atoms with van der Waals surface area (Å²) in [7, 11) is 0. The molecule has 0 heterocycles. The van der Waals surface area contributed by atoms with Gasteiger partial charge in [-0.25, -0.2) is 4.79 Å². The lowest BCUT2D eigenvalue weighted by molar-refractivity contribution is 0.0500. The lowest BCUT2D eigenvalue weighted by Crippen LogP contribution is -2.43. The van der Waals surface area contributed by atoms with Crippen molar-refractivity contribution in [2.45, 2.75) is 59.6 Å². The first-order valence-corrected chi connectivity index (χ1v) is 8.05. The van der Waals surface area contributed by atoms with Crippen molar-refractivity contribution < 1.29 is 9.53 Å². The number of hydrogen-bond acceptors (Lipinski definition) is 4. The quantitative estimate of drug-likeness (QED) is 0.620. The summed E-state index contributed by atoms with van der Waals surface area (Å²) in [5.41, 5.74) is -0.467. The van der Waals surface area contributed by atoms with Crippen LogP contribution in [0.2, 0.25) is 0 Å². The van der Waals surface area contributed by atoms with Crippen molar-refractivity contribution in [1.29, 1.82) is 0 Å². The van der Waals surface area contributed by atoms with Crippen molar-refractivity contribution >= 4 is 22.9 Å². The molecule has 0 radical (unpaired) electrons. The van der Waals surface area contributed by atoms with E-state index in [9.17, 15) is 4.79 Å². The smallest absolute Gasteiger partial charge is 0.407 e. The van der Waals surface area contributed by atoms with E-state index in [1.807, 2.05) is 40.9 Å². The monoisotopic (exact) mass is 288 g/mol. The lowest BCUT2D eigenvalue weighted by atomic mass is 9.99. The maximum absolute atomic E-state index is 11.8. The molecule has 0 aromatic rings. The van der Waals surface area contributed by atoms with Crippen LogP contribution in [0.5, 0.6) is 0 Å². The molecule has 0 bridgehead atoms. The van der Waals surface area contributed by atoms with Crippen molar-refractivity contribution in [3.8, 4) is 0 Å². The minimum Gasteiger partial charge on any atom is -0.444 e. The van der Waals surface area contributed by atoms with Crippen molar-refractivity contribution in [3.05, 3.63) is 0 Å². The van der Waals surface area contributed by atoms with Crippen molar-refractivity contribution in [3.63, 3.8) is 0 Å². The Labute approximate surface area is 121 Å². The summed E-state index contributed by atoms with van der Waals surface area (Å²) in [6, 6.07) is 0.0117. The number of rotatable bonds is 5. The van der Waals surface area contributed by atoms with Gasteiger partial charge in [-0.2, -0.15) is 0 Å². The first-order chi connectivity index (χ1) is 8.75. The molecule has 2 atom stereocenters. The Bertz CT molecular complexity index is 311. The highest BCUT2D eigenvalue weighted by Crippen LogP contribution is 2.19. The van der Waals surface area contributed by atoms with E-state index in [0.29, 0.717) is 0 Å². The molecule has 1 amide bonds. The average Bonchev–Trinajstić information content (AvgIpc) is 2.25. The predicted octanol–water partition coefficient (Wildman–Crippen LogP) is 3.71. The molecule has 1 N–H and O–H groups in total. The fourth-order valence-corrected chi connectivity index (χ4v) is 2.76. The third kappa shape index (κ3) is 7.45. The van der Waals surface area contributed by atoms with Gasteiger partial charge < -0.3 is 10.1 Å². The molecule has 5 heteroatoms. The fraction of sp³-hybridized carbons (Fsp3) is 0.857. The van der Waals surface area contributed by atoms with Crippen LogP contribution < -0.4 is 5.32 Å². The highest BCUT2D eigenvalue weighted by Gasteiger charge is 2.24. The molecular formula is C14H28N2O2S. The summed E-state index contributed by atoms with van der Waals surface area (Å²) in [5.74, 6) is 0.238. The van der Waals surface area contributed by atoms with E-state index < -0.39 is 5.60 Å². The predicted molar refractivity (Wildman–Crippen MR) is 84.1 cm³/mol. The second-order valence-electron chi connectivity index (χ2n) is 5.47. The van der Waals surface area contributed by atoms with E-state index in [1.54, 1.807) is 11.8 Å². The maximum atomic E-state index is 11.8. The first kappa shape index (κ1) is 18.3. The number of thioether (sulfide) groups is 1. The van der Waals surface area contributed by atoms with E-state index >= 15 is 0 Å². The van der Waals surface area contributed by atoms with Crippen molar-refractivity contribution in [2.24, 2.45) is 10.9 Å². The summed E-state index contributed by atoms with van der Waals surface area (Å²) in [6.45, 7) is 12.5. The number of nitrogens with zero attached hydrogens (tertiary/aromatic N) is 1. The lowest BCUT2D eigenvalue weighted by Gasteiger charge is -2.26. The van der Waals surface area contributed by atoms with Crippen LogP contribution in [-0.4, -0.2) is 35.6 Å². The number of alkyl carbamates (subject to hydrolysis) is 1. The van der Waals surface area contributed by atoms with Crippen molar-refractivity contribution in [1.82, 2.24) is 5.32 Å². The van der Waals surface area contributed by atoms with Gasteiger partial charge in [0.15, 0.2) is 0 Å². The second kappa shape index (κ2) is 8.46. The number of ether oxygens (including phenoxy) is 1. The van der Waals surface area contributed by atoms with Crippen LogP contribution in [-0.2, 0) is 4.74 Å². The topological polar surface area (TPSA) is 50.7 Å². The third-order valence-electron chi connectivity index (χ3n) is 2.63. The van der Waals surface area contributed by atoms with Gasteiger partial charge in [0, 0.05) is 18.5 Å². The third-order valence-corrected chi connectivity index (χ3v) is 3.48. The van der Waals surface area contributed by atoms with E-state index in [4.69, 9.17) is 4.74 Å². The summed E-state index contributed by atoms with van der Waals surface area (Å²) in [4.78, 5) is 16.3. The number of amides is 1. The summed E-state index contributed by atoms with van der Waals surface area (Å²) >= 11 is 1.65. The Morgan fingerprint density at radius 3 is 2.32 bits per heavy atom. The highest BCUT2D eigenvalue weighted by molar-refractivity contribution is 8.13. The molecule has 0 saturated carbocycles. The van der Waals surface area contributed by atoms with Gasteiger partial charge in [-0.3, -0.25) is 4.99 Å². The standard InChI is InChI=1S/C14H28N2O2S/c1-8-11(12(19-7)15-9-2)10(3)16-13(17)18-14(4,5)6/h10-11H,8-9H2,1-7H3,(H,16,17)/t10-,11?/m1/s1. The molecular weight excluding hydrogens is 260 g/mol. The molecule has 0 aliphatic heterocycles. The van der Waals surface area contributed by atoms with Crippen LogP contribution in [0.4, 0.5) is 4.79 Å². The molecule has 112 valence electrons. The molecule has 0 aliphatic carbocycles. The maximum Gasteiger partial charge on any atom is 0.407 e. The van der Waals surface area contributed by atoms with Crippen molar-refractivity contribution in [2.75, 3.05) is 12.8 Å². The van der Waals surface area contributed by atoms with E-state index in [-0.39, 0.29) is 18.1 Å². The normalized spacial score (nSPS) is 15.8. The number of nitrogens with one attached hydrogen (secondary N) is 1. The molecule has 0 saturated heterocycles. The molecule has 0 rings (SSSR count). The van der Waals surface area contributed by atoms with Gasteiger partial charge in [-0.15, -0.1) is 11.8 Å². The largest absolute Gasteiger partial charge is 0.444 e. The zero-order valence-electron chi connectivity index (χ0n) is 13.2. The van der Waals surface area contributed by atoms with Crippen LogP contribution in [0.3, 0.4) is 0 Å². The SMILES string of the molecule is CCN=C(SC)C(CC)[C@@H](C)NC(=O)OC(C)(C)C. The molecule has 0 spiro atoms. The fourth-order valence-electron chi connectivity index (χ4n) is 1.83. The van der Waals surface area contributed by atoms with Gasteiger partial charge in [0.2, 0.25) is 0 Å². The highest BCUT2D eigenvalue weighted by atomic mass is 32.2. The van der Waals surface area contributed by atoms with Gasteiger partial charge in [-0.05, 0) is 47.3 Å². The van der Waals surface area contributed by atoms with Crippen LogP contribution in [0.1, 0.15) is 48.0 Å². The van der Waals surface area contributed by atoms with Crippen LogP contribution in [0.25, 0.3) is 0 Å². The van der Waals surface area contributed by atoms with Gasteiger partial charge in [-0.1, -0.05) is 6.92 Å². The number of aliphatic imine (C=N–C) groups is 1. The molecule has 0 aromatic carbocycles. The molecule has 0 aromatic heterocycles. The second-order valence-corrected chi connectivity index (χ2v) is 6.29. The van der Waals surface area contributed by atoms with Crippen LogP contribution in [0.15, 0.2) is 4.99 Å². The Hall–Kier alpha value is -0.710. The van der Waals surface area contributed by atoms with E-state index in [2.05, 4.69) is 17.2 Å². The molecule has 1 unspecified atom stereocenters. The van der Waals surface area contributed by atoms with Crippen LogP contribution in [0, 0.1) is 5.92 Å². The molecule has 0 aliphatic rings. The Kier molecular flexibility index (Phi) is 8.14. The number of hydrogen-bond donors (Lipinski definition) is 1. The first-order valence-electron chi connectivity index (χ1n) is 6.83. The van der Waals surface area contributed by atoms with Gasteiger partial charge in [0.1, 0.15) is 5.60 Å². The average molecular weight is 288 g/mol. The molecule has 19 heavy (non-hydrogen) atoms. The Morgan fingerprint density at radius 2 is 1.95 bits per heavy atom. The number of carbonyl (C=O) groups excluding carboxylic acids is 1. The summed E-state index contributed by atoms with van der Waals surface area (Å²) < 4.78 is 5.28. The zero-order chi connectivity index (χ0) is 15.1. The Morgan fingerprint density at radius 1 is 1.37 bits per heavy atom. The zero-order valence-corrected chi connectivity index (χ0v) is 14.1. The van der Waals surface area contributed by atoms with Gasteiger partial charge in [0.05, 0.1) is 5.04 Å².